The van der Waals surface area contributed by atoms with Gasteiger partial charge in [0.2, 0.25) is 5.91 Å². The zero-order chi connectivity index (χ0) is 13.9. The molecule has 1 aromatic carbocycles. The lowest BCUT2D eigenvalue weighted by molar-refractivity contribution is -0.130. The topological polar surface area (TPSA) is 32.3 Å². The highest BCUT2D eigenvalue weighted by Gasteiger charge is 2.31. The molecule has 3 heteroatoms. The van der Waals surface area contributed by atoms with E-state index in [9.17, 15) is 4.79 Å². The van der Waals surface area contributed by atoms with E-state index in [1.807, 2.05) is 4.90 Å². The molecular formula is C17H24N2O. The van der Waals surface area contributed by atoms with Gasteiger partial charge in [-0.1, -0.05) is 24.3 Å². The quantitative estimate of drug-likeness (QED) is 0.890. The summed E-state index contributed by atoms with van der Waals surface area (Å²) in [6.45, 7) is 3.42. The molecule has 3 rings (SSSR count). The Morgan fingerprint density at radius 1 is 1.25 bits per heavy atom. The Hall–Kier alpha value is -1.35. The minimum Gasteiger partial charge on any atom is -0.339 e. The maximum absolute atomic E-state index is 12.2. The van der Waals surface area contributed by atoms with Crippen molar-refractivity contribution in [1.29, 1.82) is 0 Å². The van der Waals surface area contributed by atoms with Gasteiger partial charge in [0.1, 0.15) is 0 Å². The fraction of sp³-hybridized carbons (Fsp3) is 0.588. The standard InChI is InChI=1S/C17H24N2O/c1-2-19(16-9-10-16)17(20)12-18-15-8-7-13-5-3-4-6-14(13)11-15/h3-6,15-16,18H,2,7-12H2,1H3. The summed E-state index contributed by atoms with van der Waals surface area (Å²) in [5.41, 5.74) is 2.92. The van der Waals surface area contributed by atoms with Gasteiger partial charge in [0.25, 0.3) is 0 Å². The second-order valence-corrected chi connectivity index (χ2v) is 6.00. The van der Waals surface area contributed by atoms with Crippen LogP contribution in [0.4, 0.5) is 0 Å². The number of fused-ring (bicyclic) bond motifs is 1. The van der Waals surface area contributed by atoms with Crippen LogP contribution in [0.1, 0.15) is 37.3 Å². The van der Waals surface area contributed by atoms with Gasteiger partial charge >= 0.3 is 0 Å². The molecular weight excluding hydrogens is 248 g/mol. The number of hydrogen-bond acceptors (Lipinski definition) is 2. The van der Waals surface area contributed by atoms with Gasteiger partial charge in [-0.05, 0) is 50.2 Å². The van der Waals surface area contributed by atoms with Crippen molar-refractivity contribution in [3.05, 3.63) is 35.4 Å². The van der Waals surface area contributed by atoms with E-state index in [4.69, 9.17) is 0 Å². The minimum absolute atomic E-state index is 0.272. The van der Waals surface area contributed by atoms with Gasteiger partial charge in [-0.3, -0.25) is 4.79 Å². The van der Waals surface area contributed by atoms with Crippen LogP contribution in [-0.2, 0) is 17.6 Å². The van der Waals surface area contributed by atoms with Gasteiger partial charge in [0.05, 0.1) is 6.54 Å². The van der Waals surface area contributed by atoms with Crippen LogP contribution in [0.2, 0.25) is 0 Å². The van der Waals surface area contributed by atoms with E-state index in [1.165, 1.54) is 24.0 Å². The number of carbonyl (C=O) groups is 1. The van der Waals surface area contributed by atoms with E-state index in [0.29, 0.717) is 18.6 Å². The van der Waals surface area contributed by atoms with Crippen LogP contribution in [0, 0.1) is 0 Å². The van der Waals surface area contributed by atoms with E-state index in [1.54, 1.807) is 0 Å². The predicted molar refractivity (Wildman–Crippen MR) is 80.7 cm³/mol. The number of carbonyl (C=O) groups excluding carboxylic acids is 1. The molecule has 0 heterocycles. The van der Waals surface area contributed by atoms with Crippen LogP contribution < -0.4 is 5.32 Å². The third kappa shape index (κ3) is 3.04. The molecule has 0 aliphatic heterocycles. The highest BCUT2D eigenvalue weighted by atomic mass is 16.2. The van der Waals surface area contributed by atoms with Crippen molar-refractivity contribution in [3.63, 3.8) is 0 Å². The summed E-state index contributed by atoms with van der Waals surface area (Å²) >= 11 is 0. The highest BCUT2D eigenvalue weighted by molar-refractivity contribution is 5.79. The minimum atomic E-state index is 0.272. The Bertz CT molecular complexity index is 482. The van der Waals surface area contributed by atoms with E-state index in [0.717, 1.165) is 25.8 Å². The molecule has 1 amide bonds. The summed E-state index contributed by atoms with van der Waals surface area (Å²) in [5.74, 6) is 0.272. The number of hydrogen-bond donors (Lipinski definition) is 1. The average molecular weight is 272 g/mol. The van der Waals surface area contributed by atoms with Crippen molar-refractivity contribution in [2.75, 3.05) is 13.1 Å². The maximum Gasteiger partial charge on any atom is 0.236 e. The number of amides is 1. The molecule has 20 heavy (non-hydrogen) atoms. The fourth-order valence-corrected chi connectivity index (χ4v) is 3.23. The lowest BCUT2D eigenvalue weighted by atomic mass is 9.88. The first-order valence-corrected chi connectivity index (χ1v) is 7.87. The van der Waals surface area contributed by atoms with Crippen molar-refractivity contribution < 1.29 is 4.79 Å². The van der Waals surface area contributed by atoms with E-state index in [2.05, 4.69) is 36.5 Å². The van der Waals surface area contributed by atoms with Gasteiger partial charge in [0, 0.05) is 18.6 Å². The molecule has 3 nitrogen and oxygen atoms in total. The van der Waals surface area contributed by atoms with E-state index in [-0.39, 0.29) is 5.91 Å². The van der Waals surface area contributed by atoms with E-state index < -0.39 is 0 Å². The van der Waals surface area contributed by atoms with Crippen molar-refractivity contribution >= 4 is 5.91 Å². The molecule has 1 unspecified atom stereocenters. The van der Waals surface area contributed by atoms with Crippen LogP contribution in [-0.4, -0.2) is 36.0 Å². The SMILES string of the molecule is CCN(C(=O)CNC1CCc2ccccc2C1)C1CC1. The van der Waals surface area contributed by atoms with Gasteiger partial charge in [-0.15, -0.1) is 0 Å². The van der Waals surface area contributed by atoms with Crippen LogP contribution in [0.15, 0.2) is 24.3 Å². The third-order valence-corrected chi connectivity index (χ3v) is 4.54. The van der Waals surface area contributed by atoms with Crippen molar-refractivity contribution in [3.8, 4) is 0 Å². The molecule has 2 aliphatic carbocycles. The average Bonchev–Trinajstić information content (AvgIpc) is 3.30. The molecule has 1 N–H and O–H groups in total. The molecule has 1 saturated carbocycles. The summed E-state index contributed by atoms with van der Waals surface area (Å²) in [5, 5.41) is 3.47. The van der Waals surface area contributed by atoms with Crippen molar-refractivity contribution in [2.45, 2.75) is 51.1 Å². The maximum atomic E-state index is 12.2. The number of rotatable bonds is 5. The lowest BCUT2D eigenvalue weighted by Gasteiger charge is -2.27. The Morgan fingerprint density at radius 3 is 2.70 bits per heavy atom. The second-order valence-electron chi connectivity index (χ2n) is 6.00. The number of likely N-dealkylation sites (N-methyl/N-ethyl adjacent to an activating group) is 1. The molecule has 1 aromatic rings. The molecule has 0 bridgehead atoms. The second kappa shape index (κ2) is 5.96. The summed E-state index contributed by atoms with van der Waals surface area (Å²) in [6, 6.07) is 9.65. The predicted octanol–water partition coefficient (Wildman–Crippen LogP) is 2.14. The van der Waals surface area contributed by atoms with Gasteiger partial charge in [-0.2, -0.15) is 0 Å². The Morgan fingerprint density at radius 2 is 2.00 bits per heavy atom. The molecule has 1 atom stereocenters. The fourth-order valence-electron chi connectivity index (χ4n) is 3.23. The summed E-state index contributed by atoms with van der Waals surface area (Å²) in [4.78, 5) is 14.2. The normalized spacial score (nSPS) is 21.4. The van der Waals surface area contributed by atoms with Gasteiger partial charge in [-0.25, -0.2) is 0 Å². The molecule has 0 radical (unpaired) electrons. The van der Waals surface area contributed by atoms with Crippen LogP contribution in [0.25, 0.3) is 0 Å². The lowest BCUT2D eigenvalue weighted by Crippen LogP contribution is -2.44. The van der Waals surface area contributed by atoms with Gasteiger partial charge < -0.3 is 10.2 Å². The first-order chi connectivity index (χ1) is 9.78. The largest absolute Gasteiger partial charge is 0.339 e. The molecule has 108 valence electrons. The molecule has 0 saturated heterocycles. The van der Waals surface area contributed by atoms with Crippen molar-refractivity contribution in [2.24, 2.45) is 0 Å². The van der Waals surface area contributed by atoms with Crippen LogP contribution in [0.5, 0.6) is 0 Å². The van der Waals surface area contributed by atoms with Crippen LogP contribution in [0.3, 0.4) is 0 Å². The summed E-state index contributed by atoms with van der Waals surface area (Å²) in [6.07, 6.45) is 5.70. The summed E-state index contributed by atoms with van der Waals surface area (Å²) < 4.78 is 0. The summed E-state index contributed by atoms with van der Waals surface area (Å²) in [7, 11) is 0. The number of nitrogens with zero attached hydrogens (tertiary/aromatic N) is 1. The molecule has 0 spiro atoms. The van der Waals surface area contributed by atoms with E-state index >= 15 is 0 Å². The highest BCUT2D eigenvalue weighted by Crippen LogP contribution is 2.26. The van der Waals surface area contributed by atoms with Crippen LogP contribution >= 0.6 is 0 Å². The first kappa shape index (κ1) is 13.6. The molecule has 0 aromatic heterocycles. The smallest absolute Gasteiger partial charge is 0.236 e. The third-order valence-electron chi connectivity index (χ3n) is 4.54. The number of aryl methyl sites for hydroxylation is 1. The molecule has 2 aliphatic rings. The Kier molecular flexibility index (Phi) is 4.06. The zero-order valence-corrected chi connectivity index (χ0v) is 12.3. The Labute approximate surface area is 121 Å². The Balaban J connectivity index is 1.51. The van der Waals surface area contributed by atoms with Crippen molar-refractivity contribution in [1.82, 2.24) is 10.2 Å². The molecule has 1 fully saturated rings. The zero-order valence-electron chi connectivity index (χ0n) is 12.3. The van der Waals surface area contributed by atoms with Gasteiger partial charge in [0.15, 0.2) is 0 Å². The number of benzene rings is 1. The first-order valence-electron chi connectivity index (χ1n) is 7.87. The number of nitrogens with one attached hydrogen (secondary N) is 1. The monoisotopic (exact) mass is 272 g/mol.